The van der Waals surface area contributed by atoms with Gasteiger partial charge in [-0.25, -0.2) is 0 Å². The van der Waals surface area contributed by atoms with Crippen molar-refractivity contribution in [3.63, 3.8) is 0 Å². The summed E-state index contributed by atoms with van der Waals surface area (Å²) in [5.41, 5.74) is 2.20. The number of hydrazone groups is 1. The summed E-state index contributed by atoms with van der Waals surface area (Å²) >= 11 is 12.2. The molecule has 0 atom stereocenters. The summed E-state index contributed by atoms with van der Waals surface area (Å²) in [6.07, 6.45) is 3.61. The third-order valence-corrected chi connectivity index (χ3v) is 4.54. The lowest BCUT2D eigenvalue weighted by Gasteiger charge is -2.34. The van der Waals surface area contributed by atoms with E-state index in [0.29, 0.717) is 5.03 Å². The number of nitrogens with zero attached hydrogens (tertiary/aromatic N) is 3. The number of rotatable bonds is 4. The van der Waals surface area contributed by atoms with Crippen molar-refractivity contribution in [1.82, 2.24) is 5.01 Å². The van der Waals surface area contributed by atoms with Crippen LogP contribution >= 0.6 is 23.2 Å². The molecular weight excluding hydrogens is 341 g/mol. The summed E-state index contributed by atoms with van der Waals surface area (Å²) in [5.74, 6) is 0. The van der Waals surface area contributed by atoms with E-state index in [2.05, 4.69) is 27.1 Å². The Morgan fingerprint density at radius 1 is 0.917 bits per heavy atom. The molecule has 0 spiro atoms. The molecule has 0 amide bonds. The Balaban J connectivity index is 1.52. The Morgan fingerprint density at radius 2 is 1.58 bits per heavy atom. The van der Waals surface area contributed by atoms with Gasteiger partial charge >= 0.3 is 0 Å². The number of benzene rings is 2. The van der Waals surface area contributed by atoms with Crippen LogP contribution in [0.4, 0.5) is 5.69 Å². The van der Waals surface area contributed by atoms with Gasteiger partial charge in [0, 0.05) is 35.0 Å². The van der Waals surface area contributed by atoms with Gasteiger partial charge in [-0.3, -0.25) is 5.01 Å². The summed E-state index contributed by atoms with van der Waals surface area (Å²) in [7, 11) is 0. The van der Waals surface area contributed by atoms with Crippen LogP contribution in [-0.4, -0.2) is 37.4 Å². The standard InChI is InChI=1S/C19H19Cl2N3/c20-17-6-8-18(9-7-17)23-12-14-24(15-13-23)22-11-10-19(21)16-4-2-1-3-5-16/h1-11H,12-15H2/b19-10-,22-11-. The molecule has 124 valence electrons. The molecule has 0 aromatic heterocycles. The summed E-state index contributed by atoms with van der Waals surface area (Å²) in [6.45, 7) is 3.65. The largest absolute Gasteiger partial charge is 0.368 e. The second-order valence-corrected chi connectivity index (χ2v) is 6.41. The molecule has 0 aliphatic carbocycles. The van der Waals surface area contributed by atoms with E-state index in [0.717, 1.165) is 36.8 Å². The average Bonchev–Trinajstić information content (AvgIpc) is 2.64. The molecule has 0 radical (unpaired) electrons. The van der Waals surface area contributed by atoms with Gasteiger partial charge in [0.1, 0.15) is 0 Å². The van der Waals surface area contributed by atoms with Crippen molar-refractivity contribution >= 4 is 40.1 Å². The van der Waals surface area contributed by atoms with Crippen LogP contribution in [0.5, 0.6) is 0 Å². The highest BCUT2D eigenvalue weighted by atomic mass is 35.5. The Morgan fingerprint density at radius 3 is 2.25 bits per heavy atom. The maximum atomic E-state index is 6.27. The summed E-state index contributed by atoms with van der Waals surface area (Å²) in [4.78, 5) is 2.34. The lowest BCUT2D eigenvalue weighted by atomic mass is 10.2. The summed E-state index contributed by atoms with van der Waals surface area (Å²) in [6, 6.07) is 17.9. The van der Waals surface area contributed by atoms with Crippen molar-refractivity contribution in [3.05, 3.63) is 71.3 Å². The molecule has 1 aliphatic rings. The average molecular weight is 360 g/mol. The Bertz CT molecular complexity index is 703. The molecule has 3 nitrogen and oxygen atoms in total. The van der Waals surface area contributed by atoms with Crippen molar-refractivity contribution in [2.75, 3.05) is 31.1 Å². The Kier molecular flexibility index (Phi) is 5.78. The topological polar surface area (TPSA) is 18.8 Å². The van der Waals surface area contributed by atoms with E-state index in [1.54, 1.807) is 6.21 Å². The summed E-state index contributed by atoms with van der Waals surface area (Å²) in [5, 5.41) is 8.02. The second kappa shape index (κ2) is 8.22. The molecule has 2 aromatic carbocycles. The number of anilines is 1. The normalized spacial score (nSPS) is 16.0. The van der Waals surface area contributed by atoms with Crippen LogP contribution in [0.2, 0.25) is 5.02 Å². The van der Waals surface area contributed by atoms with E-state index in [9.17, 15) is 0 Å². The van der Waals surface area contributed by atoms with Crippen molar-refractivity contribution < 1.29 is 0 Å². The SMILES string of the molecule is Cl/C(=C\C=N/N1CCN(c2ccc(Cl)cc2)CC1)c1ccccc1. The van der Waals surface area contributed by atoms with Crippen LogP contribution in [0.25, 0.3) is 5.03 Å². The van der Waals surface area contributed by atoms with Gasteiger partial charge in [0.15, 0.2) is 0 Å². The molecule has 2 aromatic rings. The Labute approximate surface area is 152 Å². The van der Waals surface area contributed by atoms with Gasteiger partial charge in [-0.2, -0.15) is 5.10 Å². The van der Waals surface area contributed by atoms with Gasteiger partial charge in [0.25, 0.3) is 0 Å². The Hall–Kier alpha value is -1.97. The van der Waals surface area contributed by atoms with Crippen molar-refractivity contribution in [2.45, 2.75) is 0 Å². The van der Waals surface area contributed by atoms with Crippen LogP contribution in [-0.2, 0) is 0 Å². The molecule has 1 aliphatic heterocycles. The number of hydrogen-bond acceptors (Lipinski definition) is 3. The second-order valence-electron chi connectivity index (χ2n) is 5.56. The molecular formula is C19H19Cl2N3. The fourth-order valence-corrected chi connectivity index (χ4v) is 2.92. The predicted octanol–water partition coefficient (Wildman–Crippen LogP) is 4.73. The molecule has 1 saturated heterocycles. The van der Waals surface area contributed by atoms with Crippen LogP contribution in [0.15, 0.2) is 65.8 Å². The maximum Gasteiger partial charge on any atom is 0.0536 e. The van der Waals surface area contributed by atoms with E-state index in [-0.39, 0.29) is 0 Å². The third kappa shape index (κ3) is 4.53. The highest BCUT2D eigenvalue weighted by Gasteiger charge is 2.15. The zero-order valence-electron chi connectivity index (χ0n) is 13.3. The first kappa shape index (κ1) is 16.9. The van der Waals surface area contributed by atoms with Gasteiger partial charge in [0.05, 0.1) is 13.1 Å². The molecule has 0 bridgehead atoms. The van der Waals surface area contributed by atoms with Crippen LogP contribution < -0.4 is 4.90 Å². The molecule has 5 heteroatoms. The van der Waals surface area contributed by atoms with Gasteiger partial charge in [-0.05, 0) is 35.9 Å². The van der Waals surface area contributed by atoms with Crippen LogP contribution in [0, 0.1) is 0 Å². The van der Waals surface area contributed by atoms with Crippen molar-refractivity contribution in [3.8, 4) is 0 Å². The molecule has 1 heterocycles. The van der Waals surface area contributed by atoms with Crippen LogP contribution in [0.3, 0.4) is 0 Å². The zero-order valence-corrected chi connectivity index (χ0v) is 14.8. The quantitative estimate of drug-likeness (QED) is 0.735. The highest BCUT2D eigenvalue weighted by molar-refractivity contribution is 6.49. The molecule has 1 fully saturated rings. The number of halogens is 2. The minimum absolute atomic E-state index is 0.694. The molecule has 24 heavy (non-hydrogen) atoms. The first-order chi connectivity index (χ1) is 11.7. The van der Waals surface area contributed by atoms with Crippen LogP contribution in [0.1, 0.15) is 5.56 Å². The minimum atomic E-state index is 0.694. The molecule has 0 N–H and O–H groups in total. The fraction of sp³-hybridized carbons (Fsp3) is 0.211. The van der Waals surface area contributed by atoms with Gasteiger partial charge in [-0.1, -0.05) is 53.5 Å². The first-order valence-electron chi connectivity index (χ1n) is 7.93. The van der Waals surface area contributed by atoms with E-state index in [4.69, 9.17) is 23.2 Å². The van der Waals surface area contributed by atoms with E-state index >= 15 is 0 Å². The molecule has 0 saturated carbocycles. The lowest BCUT2D eigenvalue weighted by Crippen LogP contribution is -2.44. The van der Waals surface area contributed by atoms with Gasteiger partial charge < -0.3 is 4.90 Å². The zero-order chi connectivity index (χ0) is 16.8. The van der Waals surface area contributed by atoms with E-state index in [1.165, 1.54) is 5.69 Å². The van der Waals surface area contributed by atoms with E-state index < -0.39 is 0 Å². The molecule has 3 rings (SSSR count). The van der Waals surface area contributed by atoms with Crippen molar-refractivity contribution in [1.29, 1.82) is 0 Å². The lowest BCUT2D eigenvalue weighted by molar-refractivity contribution is 0.272. The smallest absolute Gasteiger partial charge is 0.0536 e. The maximum absolute atomic E-state index is 6.27. The number of piperazine rings is 1. The predicted molar refractivity (Wildman–Crippen MR) is 104 cm³/mol. The fourth-order valence-electron chi connectivity index (χ4n) is 2.61. The number of hydrogen-bond donors (Lipinski definition) is 0. The summed E-state index contributed by atoms with van der Waals surface area (Å²) < 4.78 is 0. The van der Waals surface area contributed by atoms with Crippen molar-refractivity contribution in [2.24, 2.45) is 5.10 Å². The van der Waals surface area contributed by atoms with Gasteiger partial charge in [0.2, 0.25) is 0 Å². The highest BCUT2D eigenvalue weighted by Crippen LogP contribution is 2.20. The molecule has 0 unspecified atom stereocenters. The number of allylic oxidation sites excluding steroid dienone is 1. The first-order valence-corrected chi connectivity index (χ1v) is 8.68. The monoisotopic (exact) mass is 359 g/mol. The third-order valence-electron chi connectivity index (χ3n) is 3.95. The van der Waals surface area contributed by atoms with E-state index in [1.807, 2.05) is 48.5 Å². The minimum Gasteiger partial charge on any atom is -0.368 e. The van der Waals surface area contributed by atoms with Gasteiger partial charge in [-0.15, -0.1) is 0 Å².